The minimum Gasteiger partial charge on any atom is -0.508 e. The van der Waals surface area contributed by atoms with E-state index < -0.39 is 71.8 Å². The standard InChI is InChI=1S/C10H10O6.C9H13NO4.C9H11NO3.C9H11NO2.CO2/c11-6-16-10(5-8(13)9(14)15)3-1-7(12)2-4-10;10-8(13)5-9(14-6-11)3-1-7(12)2-4-9;10-8(9(12)13)5-6-1-3-7(11)4-2-6;10-8(9(11)12)6-7-4-2-1-3-5-7;2-1-3/h1-4,6-7,12H,5H2,(H,14,15);1-4,6-8,12-13H,5,10H2;1-4,8,11H,5,10H2,(H,12,13);1-5,8H,6,10H2,(H,11,12);. The molecule has 2 aliphatic carbocycles. The van der Waals surface area contributed by atoms with Crippen LogP contribution in [0.1, 0.15) is 24.0 Å². The Morgan fingerprint density at radius 1 is 0.690 bits per heavy atom. The van der Waals surface area contributed by atoms with E-state index in [1.165, 1.54) is 60.7 Å². The first kappa shape index (κ1) is 51.4. The Kier molecular flexibility index (Phi) is 23.9. The molecule has 0 bridgehead atoms. The number of carbonyl (C=O) groups excluding carboxylic acids is 5. The van der Waals surface area contributed by atoms with Crippen molar-refractivity contribution in [3.8, 4) is 5.75 Å². The third kappa shape index (κ3) is 21.5. The lowest BCUT2D eigenvalue weighted by Crippen LogP contribution is -2.37. The Balaban J connectivity index is 0.000000733. The van der Waals surface area contributed by atoms with Gasteiger partial charge in [0.2, 0.25) is 5.78 Å². The van der Waals surface area contributed by atoms with Gasteiger partial charge in [-0.2, -0.15) is 9.59 Å². The van der Waals surface area contributed by atoms with Crippen molar-refractivity contribution in [2.45, 2.75) is 67.4 Å². The monoisotopic (exact) mass is 815 g/mol. The van der Waals surface area contributed by atoms with Gasteiger partial charge in [0, 0.05) is 6.42 Å². The zero-order chi connectivity index (χ0) is 44.3. The summed E-state index contributed by atoms with van der Waals surface area (Å²) in [7, 11) is 0. The second kappa shape index (κ2) is 27.0. The number of benzene rings is 2. The molecule has 0 saturated carbocycles. The Morgan fingerprint density at radius 3 is 1.43 bits per heavy atom. The number of hydrogen-bond acceptors (Lipinski definition) is 17. The molecular formula is C38H45N3O17. The number of carboxylic acid groups (broad SMARTS) is 3. The Morgan fingerprint density at radius 2 is 1.07 bits per heavy atom. The van der Waals surface area contributed by atoms with Gasteiger partial charge in [0.25, 0.3) is 12.9 Å². The fraction of sp³-hybridized carbons (Fsp3) is 0.289. The van der Waals surface area contributed by atoms with Gasteiger partial charge in [-0.1, -0.05) is 66.8 Å². The van der Waals surface area contributed by atoms with Gasteiger partial charge >= 0.3 is 24.1 Å². The van der Waals surface area contributed by atoms with Crippen LogP contribution in [0.5, 0.6) is 5.75 Å². The molecule has 0 aromatic heterocycles. The van der Waals surface area contributed by atoms with Crippen molar-refractivity contribution >= 4 is 42.8 Å². The zero-order valence-electron chi connectivity index (χ0n) is 30.6. The second-order valence-corrected chi connectivity index (χ2v) is 12.0. The van der Waals surface area contributed by atoms with Gasteiger partial charge in [-0.05, 0) is 60.4 Å². The van der Waals surface area contributed by atoms with Gasteiger partial charge in [0.15, 0.2) is 11.2 Å². The van der Waals surface area contributed by atoms with Crippen LogP contribution in [-0.4, -0.2) is 120 Å². The number of Topliss-reactive ketones (excluding diaryl/α,β-unsaturated/α-hetero) is 1. The summed E-state index contributed by atoms with van der Waals surface area (Å²) in [5, 5.41) is 61.7. The number of aliphatic hydroxyl groups is 3. The van der Waals surface area contributed by atoms with Gasteiger partial charge in [-0.3, -0.25) is 24.0 Å². The second-order valence-electron chi connectivity index (χ2n) is 12.0. The maximum Gasteiger partial charge on any atom is 0.373 e. The molecule has 2 aromatic rings. The molecule has 13 N–H and O–H groups in total. The summed E-state index contributed by atoms with van der Waals surface area (Å²) in [6, 6.07) is 14.0. The predicted molar refractivity (Wildman–Crippen MR) is 199 cm³/mol. The molecule has 0 fully saturated rings. The van der Waals surface area contributed by atoms with Crippen LogP contribution in [0.4, 0.5) is 0 Å². The average Bonchev–Trinajstić information content (AvgIpc) is 3.16. The molecule has 3 atom stereocenters. The number of ketones is 1. The first-order valence-corrected chi connectivity index (χ1v) is 16.6. The molecule has 314 valence electrons. The molecule has 58 heavy (non-hydrogen) atoms. The van der Waals surface area contributed by atoms with Crippen LogP contribution < -0.4 is 17.2 Å². The van der Waals surface area contributed by atoms with Gasteiger partial charge < -0.3 is 62.4 Å². The smallest absolute Gasteiger partial charge is 0.373 e. The molecule has 0 spiro atoms. The fourth-order valence-electron chi connectivity index (χ4n) is 4.55. The molecular weight excluding hydrogens is 770 g/mol. The van der Waals surface area contributed by atoms with Crippen LogP contribution >= 0.6 is 0 Å². The van der Waals surface area contributed by atoms with Gasteiger partial charge in [0.05, 0.1) is 18.6 Å². The van der Waals surface area contributed by atoms with E-state index in [9.17, 15) is 28.8 Å². The topological polar surface area (TPSA) is 375 Å². The van der Waals surface area contributed by atoms with Crippen molar-refractivity contribution in [3.05, 3.63) is 114 Å². The molecule has 0 amide bonds. The third-order valence-corrected chi connectivity index (χ3v) is 7.37. The summed E-state index contributed by atoms with van der Waals surface area (Å²) in [6.07, 6.45) is 8.98. The zero-order valence-corrected chi connectivity index (χ0v) is 30.6. The van der Waals surface area contributed by atoms with E-state index in [0.717, 1.165) is 11.1 Å². The van der Waals surface area contributed by atoms with Crippen LogP contribution in [0.15, 0.2) is 103 Å². The number of rotatable bonds is 15. The number of hydrogen-bond donors (Lipinski definition) is 10. The largest absolute Gasteiger partial charge is 0.508 e. The number of aromatic hydroxyl groups is 1. The van der Waals surface area contributed by atoms with E-state index in [-0.39, 0.29) is 37.7 Å². The number of phenolic OH excluding ortho intramolecular Hbond substituents is 1. The molecule has 0 radical (unpaired) electrons. The van der Waals surface area contributed by atoms with Crippen LogP contribution in [0.2, 0.25) is 0 Å². The molecule has 0 saturated heterocycles. The number of carbonyl (C=O) groups is 6. The minimum atomic E-state index is -1.60. The summed E-state index contributed by atoms with van der Waals surface area (Å²) >= 11 is 0. The Labute approximate surface area is 330 Å². The van der Waals surface area contributed by atoms with Gasteiger partial charge in [0.1, 0.15) is 24.1 Å². The van der Waals surface area contributed by atoms with Crippen LogP contribution in [0.3, 0.4) is 0 Å². The summed E-state index contributed by atoms with van der Waals surface area (Å²) in [4.78, 5) is 79.0. The highest BCUT2D eigenvalue weighted by molar-refractivity contribution is 6.33. The molecule has 20 heteroatoms. The molecule has 0 heterocycles. The molecule has 4 rings (SSSR count). The lowest BCUT2D eigenvalue weighted by atomic mass is 9.91. The van der Waals surface area contributed by atoms with E-state index in [4.69, 9.17) is 72.0 Å². The lowest BCUT2D eigenvalue weighted by Gasteiger charge is -2.29. The van der Waals surface area contributed by atoms with Crippen molar-refractivity contribution < 1.29 is 83.6 Å². The van der Waals surface area contributed by atoms with E-state index in [2.05, 4.69) is 0 Å². The predicted octanol–water partition coefficient (Wildman–Crippen LogP) is -1.11. The number of nitrogens with two attached hydrogens (primary N) is 3. The highest BCUT2D eigenvalue weighted by Crippen LogP contribution is 2.25. The SMILES string of the molecule is NC(Cc1ccc(O)cc1)C(=O)O.NC(Cc1ccccc1)C(=O)O.NC(O)CC1(OC=O)C=CC(O)C=C1.O=C=O.O=COC1(CC(=O)C(=O)O)C=CC(O)C=C1. The lowest BCUT2D eigenvalue weighted by molar-refractivity contribution is -0.192. The number of aliphatic carboxylic acids is 3. The first-order chi connectivity index (χ1) is 27.3. The Bertz CT molecular complexity index is 1740. The van der Waals surface area contributed by atoms with Crippen molar-refractivity contribution in [1.29, 1.82) is 0 Å². The number of phenols is 1. The molecule has 3 unspecified atom stereocenters. The molecule has 2 aliphatic rings. The van der Waals surface area contributed by atoms with E-state index in [1.54, 1.807) is 12.1 Å². The quantitative estimate of drug-likeness (QED) is 0.0441. The summed E-state index contributed by atoms with van der Waals surface area (Å²) < 4.78 is 9.51. The Hall–Kier alpha value is -6.64. The van der Waals surface area contributed by atoms with Crippen molar-refractivity contribution in [2.75, 3.05) is 0 Å². The van der Waals surface area contributed by atoms with E-state index in [1.807, 2.05) is 30.3 Å². The van der Waals surface area contributed by atoms with Gasteiger partial charge in [-0.25, -0.2) is 4.79 Å². The van der Waals surface area contributed by atoms with Crippen molar-refractivity contribution in [2.24, 2.45) is 17.2 Å². The average molecular weight is 816 g/mol. The first-order valence-electron chi connectivity index (χ1n) is 16.6. The van der Waals surface area contributed by atoms with E-state index >= 15 is 0 Å². The number of ether oxygens (including phenoxy) is 2. The molecule has 2 aromatic carbocycles. The molecule has 0 aliphatic heterocycles. The van der Waals surface area contributed by atoms with Crippen LogP contribution in [0, 0.1) is 0 Å². The molecule has 20 nitrogen and oxygen atoms in total. The summed E-state index contributed by atoms with van der Waals surface area (Å²) in [5.41, 5.74) is 15.2. The van der Waals surface area contributed by atoms with E-state index in [0.29, 0.717) is 6.42 Å². The normalized spacial score (nSPS) is 20.9. The van der Waals surface area contributed by atoms with Crippen LogP contribution in [-0.2, 0) is 60.7 Å². The number of aliphatic hydroxyl groups excluding tert-OH is 3. The minimum absolute atomic E-state index is 0.0610. The van der Waals surface area contributed by atoms with Crippen LogP contribution in [0.25, 0.3) is 0 Å². The van der Waals surface area contributed by atoms with Crippen molar-refractivity contribution in [3.63, 3.8) is 0 Å². The highest BCUT2D eigenvalue weighted by atomic mass is 16.5. The summed E-state index contributed by atoms with van der Waals surface area (Å²) in [5.74, 6) is -4.49. The fourth-order valence-corrected chi connectivity index (χ4v) is 4.55. The number of carboxylic acids is 3. The van der Waals surface area contributed by atoms with Gasteiger partial charge in [-0.15, -0.1) is 0 Å². The third-order valence-electron chi connectivity index (χ3n) is 7.37. The highest BCUT2D eigenvalue weighted by Gasteiger charge is 2.34. The summed E-state index contributed by atoms with van der Waals surface area (Å²) in [6.45, 7) is 0.413. The maximum absolute atomic E-state index is 11.0. The van der Waals surface area contributed by atoms with Crippen molar-refractivity contribution in [1.82, 2.24) is 0 Å². The maximum atomic E-state index is 11.0.